The largest absolute Gasteiger partial charge is 0.491 e. The standard InChI is InChI=1S/C36H63NO5/c1-7-9-11-13-15-17-24-40-36(41-25-18-16-14-12-10-8-2)29-34(3,4)37(35(5,6)30-36)42-26-23-31-19-21-32(22-20-31)38-27-33-28-39-33/h19-22,33H,7-18,23-30H2,1-6H3. The minimum atomic E-state index is -0.568. The highest BCUT2D eigenvalue weighted by Gasteiger charge is 2.54. The Morgan fingerprint density at radius 3 is 1.71 bits per heavy atom. The number of rotatable bonds is 23. The second kappa shape index (κ2) is 17.9. The Kier molecular flexibility index (Phi) is 15.1. The van der Waals surface area contributed by atoms with Gasteiger partial charge in [0.05, 0.1) is 26.4 Å². The molecule has 6 heteroatoms. The van der Waals surface area contributed by atoms with Crippen LogP contribution in [-0.2, 0) is 25.5 Å². The zero-order chi connectivity index (χ0) is 30.3. The minimum Gasteiger partial charge on any atom is -0.491 e. The van der Waals surface area contributed by atoms with Crippen molar-refractivity contribution in [1.29, 1.82) is 0 Å². The number of epoxide rings is 1. The summed E-state index contributed by atoms with van der Waals surface area (Å²) in [6, 6.07) is 8.36. The topological polar surface area (TPSA) is 52.7 Å². The van der Waals surface area contributed by atoms with Gasteiger partial charge in [0.1, 0.15) is 18.5 Å². The Balaban J connectivity index is 1.53. The highest BCUT2D eigenvalue weighted by Crippen LogP contribution is 2.46. The molecule has 42 heavy (non-hydrogen) atoms. The van der Waals surface area contributed by atoms with Gasteiger partial charge < -0.3 is 18.9 Å². The third-order valence-electron chi connectivity index (χ3n) is 8.60. The van der Waals surface area contributed by atoms with Crippen molar-refractivity contribution in [2.75, 3.05) is 33.0 Å². The summed E-state index contributed by atoms with van der Waals surface area (Å²) in [6.07, 6.45) is 17.9. The van der Waals surface area contributed by atoms with E-state index in [9.17, 15) is 0 Å². The molecule has 2 heterocycles. The van der Waals surface area contributed by atoms with E-state index in [0.29, 0.717) is 13.2 Å². The fraction of sp³-hybridized carbons (Fsp3) is 0.833. The number of hydrogen-bond acceptors (Lipinski definition) is 6. The smallest absolute Gasteiger partial charge is 0.171 e. The SMILES string of the molecule is CCCCCCCCOC1(OCCCCCCCC)CC(C)(C)N(OCCc2ccc(OCC3CO3)cc2)C(C)(C)C1. The molecule has 0 aromatic heterocycles. The number of hydrogen-bond donors (Lipinski definition) is 0. The molecular formula is C36H63NO5. The van der Waals surface area contributed by atoms with E-state index in [1.165, 1.54) is 69.8 Å². The summed E-state index contributed by atoms with van der Waals surface area (Å²) in [5, 5.41) is 2.23. The lowest BCUT2D eigenvalue weighted by Crippen LogP contribution is -2.66. The monoisotopic (exact) mass is 589 g/mol. The number of ether oxygens (including phenoxy) is 4. The van der Waals surface area contributed by atoms with Gasteiger partial charge in [-0.3, -0.25) is 4.84 Å². The van der Waals surface area contributed by atoms with Gasteiger partial charge >= 0.3 is 0 Å². The van der Waals surface area contributed by atoms with Crippen LogP contribution in [0.15, 0.2) is 24.3 Å². The first kappa shape index (κ1) is 35.3. The van der Waals surface area contributed by atoms with Crippen LogP contribution in [0, 0.1) is 0 Å². The molecular weight excluding hydrogens is 526 g/mol. The summed E-state index contributed by atoms with van der Waals surface area (Å²) >= 11 is 0. The number of nitrogens with zero attached hydrogens (tertiary/aromatic N) is 1. The lowest BCUT2D eigenvalue weighted by atomic mass is 9.77. The summed E-state index contributed by atoms with van der Waals surface area (Å²) in [4.78, 5) is 6.56. The lowest BCUT2D eigenvalue weighted by molar-refractivity contribution is -0.357. The Bertz CT molecular complexity index is 813. The minimum absolute atomic E-state index is 0.230. The summed E-state index contributed by atoms with van der Waals surface area (Å²) in [5.41, 5.74) is 0.788. The Hall–Kier alpha value is -1.18. The van der Waals surface area contributed by atoms with Crippen LogP contribution in [-0.4, -0.2) is 61.1 Å². The summed E-state index contributed by atoms with van der Waals surface area (Å²) in [6.45, 7) is 17.3. The Morgan fingerprint density at radius 2 is 1.21 bits per heavy atom. The highest BCUT2D eigenvalue weighted by atomic mass is 16.7. The van der Waals surface area contributed by atoms with Gasteiger partial charge in [-0.1, -0.05) is 90.2 Å². The van der Waals surface area contributed by atoms with E-state index < -0.39 is 5.79 Å². The Morgan fingerprint density at radius 1 is 0.714 bits per heavy atom. The molecule has 1 unspecified atom stereocenters. The van der Waals surface area contributed by atoms with Gasteiger partial charge in [-0.2, -0.15) is 5.06 Å². The first-order chi connectivity index (χ1) is 20.2. The third kappa shape index (κ3) is 12.4. The van der Waals surface area contributed by atoms with E-state index >= 15 is 0 Å². The van der Waals surface area contributed by atoms with E-state index in [1.807, 2.05) is 12.1 Å². The molecule has 0 aliphatic carbocycles. The van der Waals surface area contributed by atoms with E-state index in [-0.39, 0.29) is 17.2 Å². The van der Waals surface area contributed by atoms with Crippen molar-refractivity contribution >= 4 is 0 Å². The number of benzene rings is 1. The molecule has 6 nitrogen and oxygen atoms in total. The van der Waals surface area contributed by atoms with Gasteiger partial charge in [-0.05, 0) is 64.7 Å². The van der Waals surface area contributed by atoms with Crippen LogP contribution in [0.5, 0.6) is 5.75 Å². The first-order valence-corrected chi connectivity index (χ1v) is 17.2. The van der Waals surface area contributed by atoms with Crippen LogP contribution in [0.3, 0.4) is 0 Å². The van der Waals surface area contributed by atoms with Crippen LogP contribution in [0.4, 0.5) is 0 Å². The van der Waals surface area contributed by atoms with Gasteiger partial charge in [0, 0.05) is 23.9 Å². The van der Waals surface area contributed by atoms with Crippen LogP contribution in [0.25, 0.3) is 0 Å². The number of hydroxylamine groups is 2. The van der Waals surface area contributed by atoms with Gasteiger partial charge in [0.25, 0.3) is 0 Å². The molecule has 242 valence electrons. The highest BCUT2D eigenvalue weighted by molar-refractivity contribution is 5.27. The lowest BCUT2D eigenvalue weighted by Gasteiger charge is -2.57. The molecule has 3 rings (SSSR count). The van der Waals surface area contributed by atoms with Crippen molar-refractivity contribution in [1.82, 2.24) is 5.06 Å². The zero-order valence-corrected chi connectivity index (χ0v) is 28.0. The first-order valence-electron chi connectivity index (χ1n) is 17.2. The van der Waals surface area contributed by atoms with Gasteiger partial charge in [-0.15, -0.1) is 0 Å². The molecule has 2 aliphatic heterocycles. The van der Waals surface area contributed by atoms with Gasteiger partial charge in [-0.25, -0.2) is 0 Å². The van der Waals surface area contributed by atoms with E-state index in [2.05, 4.69) is 58.7 Å². The van der Waals surface area contributed by atoms with E-state index in [0.717, 1.165) is 57.7 Å². The van der Waals surface area contributed by atoms with Crippen molar-refractivity contribution < 1.29 is 23.8 Å². The number of piperidine rings is 1. The molecule has 1 aromatic carbocycles. The van der Waals surface area contributed by atoms with Crippen molar-refractivity contribution in [3.8, 4) is 5.75 Å². The second-order valence-corrected chi connectivity index (χ2v) is 13.9. The summed E-state index contributed by atoms with van der Waals surface area (Å²) in [5.74, 6) is 0.327. The molecule has 2 saturated heterocycles. The molecule has 2 aliphatic rings. The van der Waals surface area contributed by atoms with Crippen molar-refractivity contribution in [3.63, 3.8) is 0 Å². The molecule has 2 fully saturated rings. The van der Waals surface area contributed by atoms with Crippen LogP contribution >= 0.6 is 0 Å². The maximum absolute atomic E-state index is 6.74. The Labute approximate surface area is 258 Å². The van der Waals surface area contributed by atoms with E-state index in [4.69, 9.17) is 23.8 Å². The average Bonchev–Trinajstić information content (AvgIpc) is 3.77. The number of unbranched alkanes of at least 4 members (excludes halogenated alkanes) is 10. The summed E-state index contributed by atoms with van der Waals surface area (Å²) < 4.78 is 24.5. The fourth-order valence-electron chi connectivity index (χ4n) is 6.58. The van der Waals surface area contributed by atoms with Crippen LogP contribution in [0.2, 0.25) is 0 Å². The van der Waals surface area contributed by atoms with Crippen LogP contribution < -0.4 is 4.74 Å². The molecule has 0 saturated carbocycles. The van der Waals surface area contributed by atoms with Crippen molar-refractivity contribution in [3.05, 3.63) is 29.8 Å². The maximum Gasteiger partial charge on any atom is 0.171 e. The molecule has 0 N–H and O–H groups in total. The maximum atomic E-state index is 6.74. The van der Waals surface area contributed by atoms with Gasteiger partial charge in [0.15, 0.2) is 5.79 Å². The van der Waals surface area contributed by atoms with E-state index in [1.54, 1.807) is 0 Å². The predicted octanol–water partition coefficient (Wildman–Crippen LogP) is 9.04. The molecule has 0 radical (unpaired) electrons. The fourth-order valence-corrected chi connectivity index (χ4v) is 6.58. The van der Waals surface area contributed by atoms with Crippen LogP contribution in [0.1, 0.15) is 137 Å². The van der Waals surface area contributed by atoms with Gasteiger partial charge in [0.2, 0.25) is 0 Å². The van der Waals surface area contributed by atoms with Crippen molar-refractivity contribution in [2.45, 2.75) is 161 Å². The summed E-state index contributed by atoms with van der Waals surface area (Å²) in [7, 11) is 0. The quantitative estimate of drug-likeness (QED) is 0.0721. The molecule has 0 bridgehead atoms. The predicted molar refractivity (Wildman–Crippen MR) is 172 cm³/mol. The second-order valence-electron chi connectivity index (χ2n) is 13.9. The third-order valence-corrected chi connectivity index (χ3v) is 8.60. The molecule has 1 aromatic rings. The molecule has 0 amide bonds. The van der Waals surface area contributed by atoms with Crippen molar-refractivity contribution in [2.24, 2.45) is 0 Å². The zero-order valence-electron chi connectivity index (χ0n) is 28.0. The molecule has 0 spiro atoms. The average molecular weight is 590 g/mol. The normalized spacial score (nSPS) is 21.0. The molecule has 1 atom stereocenters.